The van der Waals surface area contributed by atoms with Crippen LogP contribution in [0.25, 0.3) is 11.3 Å². The number of hydrogen-bond donors (Lipinski definition) is 0. The van der Waals surface area contributed by atoms with E-state index in [4.69, 9.17) is 16.6 Å². The van der Waals surface area contributed by atoms with Crippen molar-refractivity contribution < 1.29 is 0 Å². The molecular formula is C28H22ClN3. The van der Waals surface area contributed by atoms with Crippen LogP contribution in [0.5, 0.6) is 0 Å². The van der Waals surface area contributed by atoms with Crippen LogP contribution in [-0.2, 0) is 11.4 Å². The van der Waals surface area contributed by atoms with Crippen LogP contribution in [0, 0.1) is 0 Å². The molecule has 0 fully saturated rings. The Balaban J connectivity index is 1.89. The minimum Gasteiger partial charge on any atom is -0.315 e. The maximum absolute atomic E-state index is 6.51. The highest BCUT2D eigenvalue weighted by Crippen LogP contribution is 2.42. The third-order valence-corrected chi connectivity index (χ3v) is 6.05. The molecule has 0 aliphatic rings. The first-order chi connectivity index (χ1) is 15.8. The summed E-state index contributed by atoms with van der Waals surface area (Å²) in [4.78, 5) is 9.10. The standard InChI is InChI=1S/C28H22ClN3/c29-20-27-31-26(22-16-18-30-19-17-22)21-32(27)28(23-10-4-1-5-11-23,24-12-6-2-7-13-24)25-14-8-3-9-15-25/h1-19,21H,20H2. The lowest BCUT2D eigenvalue weighted by Crippen LogP contribution is -2.38. The quantitative estimate of drug-likeness (QED) is 0.224. The van der Waals surface area contributed by atoms with Gasteiger partial charge < -0.3 is 4.57 Å². The maximum atomic E-state index is 6.51. The molecular weight excluding hydrogens is 414 g/mol. The van der Waals surface area contributed by atoms with E-state index >= 15 is 0 Å². The highest BCUT2D eigenvalue weighted by molar-refractivity contribution is 6.16. The summed E-state index contributed by atoms with van der Waals surface area (Å²) in [6.45, 7) is 0. The first-order valence-electron chi connectivity index (χ1n) is 10.6. The average molecular weight is 436 g/mol. The predicted octanol–water partition coefficient (Wildman–Crippen LogP) is 6.52. The van der Waals surface area contributed by atoms with Crippen LogP contribution in [-0.4, -0.2) is 14.5 Å². The summed E-state index contributed by atoms with van der Waals surface area (Å²) in [6, 6.07) is 35.6. The lowest BCUT2D eigenvalue weighted by molar-refractivity contribution is 0.500. The largest absolute Gasteiger partial charge is 0.315 e. The van der Waals surface area contributed by atoms with E-state index < -0.39 is 5.54 Å². The molecule has 0 saturated heterocycles. The van der Waals surface area contributed by atoms with E-state index in [2.05, 4.69) is 88.5 Å². The minimum atomic E-state index is -0.633. The number of aromatic nitrogens is 3. The Morgan fingerprint density at radius 1 is 0.656 bits per heavy atom. The third kappa shape index (κ3) is 3.41. The molecule has 2 heterocycles. The molecule has 2 aromatic heterocycles. The van der Waals surface area contributed by atoms with Gasteiger partial charge in [0.05, 0.1) is 11.6 Å². The van der Waals surface area contributed by atoms with Crippen LogP contribution in [0.2, 0.25) is 0 Å². The van der Waals surface area contributed by atoms with E-state index in [1.165, 1.54) is 0 Å². The van der Waals surface area contributed by atoms with E-state index in [0.717, 1.165) is 33.8 Å². The lowest BCUT2D eigenvalue weighted by Gasteiger charge is -2.38. The number of halogens is 1. The van der Waals surface area contributed by atoms with Crippen molar-refractivity contribution >= 4 is 11.6 Å². The van der Waals surface area contributed by atoms with Gasteiger partial charge in [0.1, 0.15) is 11.4 Å². The van der Waals surface area contributed by atoms with Crippen LogP contribution in [0.3, 0.4) is 0 Å². The van der Waals surface area contributed by atoms with Crippen molar-refractivity contribution in [3.63, 3.8) is 0 Å². The summed E-state index contributed by atoms with van der Waals surface area (Å²) in [6.07, 6.45) is 5.68. The number of benzene rings is 3. The molecule has 0 amide bonds. The SMILES string of the molecule is ClCc1nc(-c2ccncc2)cn1C(c1ccccc1)(c1ccccc1)c1ccccc1. The van der Waals surface area contributed by atoms with Crippen LogP contribution in [0.4, 0.5) is 0 Å². The summed E-state index contributed by atoms with van der Waals surface area (Å²) in [5.41, 5.74) is 4.67. The summed E-state index contributed by atoms with van der Waals surface area (Å²) < 4.78 is 2.23. The number of hydrogen-bond acceptors (Lipinski definition) is 2. The zero-order valence-electron chi connectivity index (χ0n) is 17.5. The fourth-order valence-electron chi connectivity index (χ4n) is 4.42. The van der Waals surface area contributed by atoms with Crippen molar-refractivity contribution in [3.8, 4) is 11.3 Å². The molecule has 156 valence electrons. The molecule has 0 N–H and O–H groups in total. The Labute approximate surface area is 193 Å². The van der Waals surface area contributed by atoms with E-state index in [1.807, 2.05) is 30.3 Å². The molecule has 0 bridgehead atoms. The van der Waals surface area contributed by atoms with E-state index in [-0.39, 0.29) is 0 Å². The van der Waals surface area contributed by atoms with Gasteiger partial charge in [0.2, 0.25) is 0 Å². The van der Waals surface area contributed by atoms with Gasteiger partial charge >= 0.3 is 0 Å². The molecule has 3 nitrogen and oxygen atoms in total. The number of rotatable bonds is 6. The smallest absolute Gasteiger partial charge is 0.125 e. The number of imidazole rings is 1. The molecule has 3 aromatic carbocycles. The average Bonchev–Trinajstić information content (AvgIpc) is 3.32. The van der Waals surface area contributed by atoms with Gasteiger partial charge in [0.25, 0.3) is 0 Å². The highest BCUT2D eigenvalue weighted by Gasteiger charge is 2.40. The summed E-state index contributed by atoms with van der Waals surface area (Å²) >= 11 is 6.51. The van der Waals surface area contributed by atoms with Crippen molar-refractivity contribution in [1.82, 2.24) is 14.5 Å². The van der Waals surface area contributed by atoms with Crippen molar-refractivity contribution in [1.29, 1.82) is 0 Å². The van der Waals surface area contributed by atoms with Gasteiger partial charge in [-0.2, -0.15) is 0 Å². The molecule has 0 radical (unpaired) electrons. The molecule has 0 saturated carbocycles. The summed E-state index contributed by atoms with van der Waals surface area (Å²) in [5, 5.41) is 0. The van der Waals surface area contributed by atoms with Crippen molar-refractivity contribution in [2.24, 2.45) is 0 Å². The Hall–Kier alpha value is -3.69. The molecule has 32 heavy (non-hydrogen) atoms. The van der Waals surface area contributed by atoms with Crippen LogP contribution >= 0.6 is 11.6 Å². The van der Waals surface area contributed by atoms with E-state index in [9.17, 15) is 0 Å². The number of pyridine rings is 1. The van der Waals surface area contributed by atoms with Gasteiger partial charge in [0.15, 0.2) is 0 Å². The van der Waals surface area contributed by atoms with Crippen molar-refractivity contribution in [2.75, 3.05) is 0 Å². The normalized spacial score (nSPS) is 11.4. The minimum absolute atomic E-state index is 0.291. The van der Waals surface area contributed by atoms with E-state index in [1.54, 1.807) is 12.4 Å². The topological polar surface area (TPSA) is 30.7 Å². The Bertz CT molecular complexity index is 1190. The molecule has 5 aromatic rings. The fourth-order valence-corrected chi connectivity index (χ4v) is 4.61. The molecule has 5 rings (SSSR count). The number of nitrogens with zero attached hydrogens (tertiary/aromatic N) is 3. The molecule has 0 aliphatic heterocycles. The predicted molar refractivity (Wildman–Crippen MR) is 130 cm³/mol. The molecule has 4 heteroatoms. The molecule has 0 atom stereocenters. The van der Waals surface area contributed by atoms with Gasteiger partial charge in [-0.25, -0.2) is 4.98 Å². The van der Waals surface area contributed by atoms with Crippen molar-refractivity contribution in [2.45, 2.75) is 11.4 Å². The van der Waals surface area contributed by atoms with Crippen LogP contribution in [0.1, 0.15) is 22.5 Å². The van der Waals surface area contributed by atoms with Gasteiger partial charge in [-0.05, 0) is 28.8 Å². The second-order valence-electron chi connectivity index (χ2n) is 7.59. The molecule has 0 unspecified atom stereocenters. The Kier molecular flexibility index (Phi) is 5.57. The Morgan fingerprint density at radius 2 is 1.12 bits per heavy atom. The maximum Gasteiger partial charge on any atom is 0.125 e. The Morgan fingerprint density at radius 3 is 1.56 bits per heavy atom. The first-order valence-corrected chi connectivity index (χ1v) is 11.1. The monoisotopic (exact) mass is 435 g/mol. The second-order valence-corrected chi connectivity index (χ2v) is 7.86. The van der Waals surface area contributed by atoms with Gasteiger partial charge in [-0.15, -0.1) is 11.6 Å². The number of alkyl halides is 1. The summed E-state index contributed by atoms with van der Waals surface area (Å²) in [5.74, 6) is 1.09. The van der Waals surface area contributed by atoms with E-state index in [0.29, 0.717) is 5.88 Å². The first kappa shape index (κ1) is 20.2. The van der Waals surface area contributed by atoms with Gasteiger partial charge in [-0.3, -0.25) is 4.98 Å². The van der Waals surface area contributed by atoms with Gasteiger partial charge in [-0.1, -0.05) is 91.0 Å². The fraction of sp³-hybridized carbons (Fsp3) is 0.0714. The van der Waals surface area contributed by atoms with Gasteiger partial charge in [0, 0.05) is 24.2 Å². The third-order valence-electron chi connectivity index (χ3n) is 5.81. The highest BCUT2D eigenvalue weighted by atomic mass is 35.5. The zero-order valence-corrected chi connectivity index (χ0v) is 18.2. The summed E-state index contributed by atoms with van der Waals surface area (Å²) in [7, 11) is 0. The zero-order chi connectivity index (χ0) is 21.8. The lowest BCUT2D eigenvalue weighted by atomic mass is 9.76. The second kappa shape index (κ2) is 8.81. The van der Waals surface area contributed by atoms with Crippen LogP contribution in [0.15, 0.2) is 122 Å². The van der Waals surface area contributed by atoms with Crippen LogP contribution < -0.4 is 0 Å². The molecule has 0 spiro atoms. The van der Waals surface area contributed by atoms with Crippen molar-refractivity contribution in [3.05, 3.63) is 144 Å². The molecule has 0 aliphatic carbocycles.